The minimum Gasteiger partial charge on any atom is -0.342 e. The molecular weight excluding hydrogens is 504 g/mol. The maximum Gasteiger partial charge on any atom is 0.257 e. The van der Waals surface area contributed by atoms with Crippen molar-refractivity contribution in [3.05, 3.63) is 69.5 Å². The van der Waals surface area contributed by atoms with E-state index >= 15 is 0 Å². The quantitative estimate of drug-likeness (QED) is 0.489. The van der Waals surface area contributed by atoms with E-state index in [0.717, 1.165) is 29.4 Å². The fraction of sp³-hybridized carbons (Fsp3) is 0.292. The zero-order valence-corrected chi connectivity index (χ0v) is 21.2. The Bertz CT molecular complexity index is 1530. The van der Waals surface area contributed by atoms with Crippen molar-refractivity contribution in [2.75, 3.05) is 24.4 Å². The lowest BCUT2D eigenvalue weighted by Crippen LogP contribution is -2.49. The van der Waals surface area contributed by atoms with Crippen LogP contribution < -0.4 is 10.6 Å². The van der Waals surface area contributed by atoms with Crippen molar-refractivity contribution in [3.63, 3.8) is 0 Å². The number of carbonyl (C=O) groups excluding carboxylic acids is 2. The summed E-state index contributed by atoms with van der Waals surface area (Å²) in [7, 11) is -1.94. The Hall–Kier alpha value is -3.57. The van der Waals surface area contributed by atoms with E-state index in [2.05, 4.69) is 25.7 Å². The van der Waals surface area contributed by atoms with E-state index in [4.69, 9.17) is 11.6 Å². The van der Waals surface area contributed by atoms with Crippen molar-refractivity contribution < 1.29 is 18.0 Å². The van der Waals surface area contributed by atoms with Gasteiger partial charge < -0.3 is 10.6 Å². The van der Waals surface area contributed by atoms with Crippen LogP contribution in [-0.2, 0) is 33.0 Å². The van der Waals surface area contributed by atoms with Crippen LogP contribution in [0.4, 0.5) is 5.82 Å². The van der Waals surface area contributed by atoms with Crippen LogP contribution in [-0.4, -0.2) is 60.3 Å². The number of hydrogen-bond acceptors (Lipinski definition) is 7. The normalized spacial score (nSPS) is 18.8. The van der Waals surface area contributed by atoms with E-state index < -0.39 is 32.9 Å². The van der Waals surface area contributed by atoms with Crippen molar-refractivity contribution in [2.24, 2.45) is 4.99 Å². The van der Waals surface area contributed by atoms with E-state index in [1.807, 2.05) is 12.1 Å². The minimum absolute atomic E-state index is 0.0738. The summed E-state index contributed by atoms with van der Waals surface area (Å²) in [5.41, 5.74) is 2.85. The second kappa shape index (κ2) is 8.82. The smallest absolute Gasteiger partial charge is 0.257 e. The number of aliphatic imine (C=N–C) groups is 1. The molecule has 5 rings (SSSR count). The van der Waals surface area contributed by atoms with Crippen molar-refractivity contribution in [3.8, 4) is 5.82 Å². The van der Waals surface area contributed by atoms with E-state index in [9.17, 15) is 18.0 Å². The zero-order valence-electron chi connectivity index (χ0n) is 19.6. The van der Waals surface area contributed by atoms with Crippen molar-refractivity contribution in [1.29, 1.82) is 0 Å². The molecule has 0 unspecified atom stereocenters. The molecule has 2 aromatic heterocycles. The van der Waals surface area contributed by atoms with Crippen molar-refractivity contribution in [2.45, 2.75) is 24.8 Å². The second-order valence-electron chi connectivity index (χ2n) is 9.05. The van der Waals surface area contributed by atoms with Gasteiger partial charge in [0.05, 0.1) is 11.2 Å². The Morgan fingerprint density at radius 2 is 2.14 bits per heavy atom. The summed E-state index contributed by atoms with van der Waals surface area (Å²) < 4.78 is 24.8. The van der Waals surface area contributed by atoms with Gasteiger partial charge in [-0.1, -0.05) is 17.7 Å². The number of nitrogens with one attached hydrogen (secondary N) is 2. The Kier molecular flexibility index (Phi) is 5.92. The number of carbonyl (C=O) groups is 2. The first-order chi connectivity index (χ1) is 17.1. The summed E-state index contributed by atoms with van der Waals surface area (Å²) in [5.74, 6) is -1.48. The van der Waals surface area contributed by atoms with E-state index in [1.165, 1.54) is 4.68 Å². The van der Waals surface area contributed by atoms with Gasteiger partial charge in [-0.3, -0.25) is 14.6 Å². The molecular formula is C24H23ClN6O4S. The number of anilines is 1. The van der Waals surface area contributed by atoms with Gasteiger partial charge in [-0.05, 0) is 48.2 Å². The van der Waals surface area contributed by atoms with Crippen LogP contribution in [0, 0.1) is 0 Å². The van der Waals surface area contributed by atoms with Gasteiger partial charge in [0.2, 0.25) is 5.91 Å². The van der Waals surface area contributed by atoms with Crippen molar-refractivity contribution in [1.82, 2.24) is 20.1 Å². The number of sulfone groups is 1. The van der Waals surface area contributed by atoms with Gasteiger partial charge in [-0.15, -0.1) is 0 Å². The number of amides is 2. The van der Waals surface area contributed by atoms with E-state index in [-0.39, 0.29) is 11.4 Å². The number of hydrogen-bond donors (Lipinski definition) is 2. The fourth-order valence-corrected chi connectivity index (χ4v) is 5.65. The van der Waals surface area contributed by atoms with Crippen molar-refractivity contribution >= 4 is 45.3 Å². The highest BCUT2D eigenvalue weighted by atomic mass is 35.5. The van der Waals surface area contributed by atoms with Crippen LogP contribution in [0.3, 0.4) is 0 Å². The van der Waals surface area contributed by atoms with Gasteiger partial charge in [-0.25, -0.2) is 13.4 Å². The lowest BCUT2D eigenvalue weighted by atomic mass is 9.83. The first-order valence-electron chi connectivity index (χ1n) is 11.2. The molecule has 0 radical (unpaired) electrons. The lowest BCUT2D eigenvalue weighted by molar-refractivity contribution is -0.113. The topological polar surface area (TPSA) is 135 Å². The van der Waals surface area contributed by atoms with E-state index in [1.54, 1.807) is 37.7 Å². The molecule has 0 bridgehead atoms. The molecule has 1 atom stereocenters. The summed E-state index contributed by atoms with van der Waals surface area (Å²) >= 11 is 6.18. The van der Waals surface area contributed by atoms with Crippen LogP contribution >= 0.6 is 11.6 Å². The molecule has 1 aromatic carbocycles. The Balaban J connectivity index is 1.60. The van der Waals surface area contributed by atoms with Crippen LogP contribution in [0.25, 0.3) is 5.82 Å². The Morgan fingerprint density at radius 3 is 2.83 bits per heavy atom. The third-order valence-electron chi connectivity index (χ3n) is 6.33. The molecule has 36 heavy (non-hydrogen) atoms. The molecule has 1 spiro atoms. The summed E-state index contributed by atoms with van der Waals surface area (Å²) in [6.45, 7) is 0. The van der Waals surface area contributed by atoms with Gasteiger partial charge in [0.15, 0.2) is 21.5 Å². The average molecular weight is 527 g/mol. The molecule has 2 N–H and O–H groups in total. The van der Waals surface area contributed by atoms with Gasteiger partial charge >= 0.3 is 0 Å². The monoisotopic (exact) mass is 526 g/mol. The highest BCUT2D eigenvalue weighted by molar-refractivity contribution is 7.91. The first kappa shape index (κ1) is 24.1. The predicted molar refractivity (Wildman–Crippen MR) is 136 cm³/mol. The molecule has 2 aliphatic rings. The Morgan fingerprint density at radius 1 is 1.33 bits per heavy atom. The molecule has 1 aliphatic heterocycles. The maximum absolute atomic E-state index is 13.5. The molecule has 3 aromatic rings. The molecule has 186 valence electrons. The summed E-state index contributed by atoms with van der Waals surface area (Å²) in [6.07, 6.45) is 6.02. The molecule has 2 amide bonds. The fourth-order valence-electron chi connectivity index (χ4n) is 4.90. The highest BCUT2D eigenvalue weighted by Gasteiger charge is 2.46. The molecule has 10 nitrogen and oxygen atoms in total. The number of nitrogens with zero attached hydrogens (tertiary/aromatic N) is 4. The number of rotatable bonds is 5. The predicted octanol–water partition coefficient (Wildman–Crippen LogP) is 2.08. The summed E-state index contributed by atoms with van der Waals surface area (Å²) in [6, 6.07) is 9.10. The van der Waals surface area contributed by atoms with Gasteiger partial charge in [0, 0.05) is 42.7 Å². The standard InChI is InChI=1S/C24H23ClN6O4S/c1-26-11-14-3-6-19(27-12-14)31-22(28-20(32)13-36(2,34)35)21-18(30-31)10-24(29-23(21)33)8-7-15-9-16(25)4-5-17(15)24/h3-6,9,11-12H,7-8,10,13H2,1-2H3,(H,28,32)(H,29,33)/b26-11+/t24-/m0/s1. The van der Waals surface area contributed by atoms with Crippen LogP contribution in [0.2, 0.25) is 5.02 Å². The van der Waals surface area contributed by atoms with Crippen LogP contribution in [0.5, 0.6) is 0 Å². The number of pyridine rings is 1. The SMILES string of the molecule is C/N=C/c1ccc(-n2nc3c(c2NC(=O)CS(C)(=O)=O)C(=O)N[C@@]2(CCc4cc(Cl)ccc42)C3)nc1. The third-order valence-corrected chi connectivity index (χ3v) is 7.35. The molecule has 12 heteroatoms. The Labute approximate surface area is 212 Å². The molecule has 0 saturated carbocycles. The third kappa shape index (κ3) is 4.40. The largest absolute Gasteiger partial charge is 0.342 e. The number of fused-ring (bicyclic) bond motifs is 3. The van der Waals surface area contributed by atoms with Gasteiger partial charge in [-0.2, -0.15) is 9.78 Å². The van der Waals surface area contributed by atoms with Gasteiger partial charge in [0.25, 0.3) is 5.91 Å². The molecule has 0 saturated heterocycles. The van der Waals surface area contributed by atoms with Gasteiger partial charge in [0.1, 0.15) is 11.3 Å². The first-order valence-corrected chi connectivity index (χ1v) is 13.6. The number of aryl methyl sites for hydroxylation is 1. The van der Waals surface area contributed by atoms with Crippen LogP contribution in [0.1, 0.15) is 39.2 Å². The second-order valence-corrected chi connectivity index (χ2v) is 11.6. The summed E-state index contributed by atoms with van der Waals surface area (Å²) in [5, 5.41) is 11.0. The van der Waals surface area contributed by atoms with Crippen LogP contribution in [0.15, 0.2) is 41.5 Å². The summed E-state index contributed by atoms with van der Waals surface area (Å²) in [4.78, 5) is 34.4. The highest BCUT2D eigenvalue weighted by Crippen LogP contribution is 2.44. The molecule has 3 heterocycles. The van der Waals surface area contributed by atoms with E-state index in [0.29, 0.717) is 29.4 Å². The minimum atomic E-state index is -3.59. The molecule has 1 aliphatic carbocycles. The average Bonchev–Trinajstić information content (AvgIpc) is 3.31. The number of benzene rings is 1. The number of halogens is 1. The maximum atomic E-state index is 13.5. The lowest BCUT2D eigenvalue weighted by Gasteiger charge is -2.35. The molecule has 0 fully saturated rings. The number of aromatic nitrogens is 3. The zero-order chi connectivity index (χ0) is 25.7.